The predicted octanol–water partition coefficient (Wildman–Crippen LogP) is 3.25. The van der Waals surface area contributed by atoms with Crippen LogP contribution in [0.5, 0.6) is 0 Å². The van der Waals surface area contributed by atoms with Gasteiger partial charge in [-0.25, -0.2) is 0 Å². The third kappa shape index (κ3) is 5.22. The van der Waals surface area contributed by atoms with E-state index in [0.717, 1.165) is 11.9 Å². The Morgan fingerprint density at radius 3 is 2.63 bits per heavy atom. The number of amides is 1. The van der Waals surface area contributed by atoms with Crippen LogP contribution in [0.25, 0.3) is 0 Å². The van der Waals surface area contributed by atoms with Gasteiger partial charge in [0.05, 0.1) is 5.02 Å². The molecule has 0 unspecified atom stereocenters. The molecule has 0 bridgehead atoms. The number of nitrogens with one attached hydrogen (secondary N) is 1. The first-order valence-electron chi connectivity index (χ1n) is 5.93. The number of ketones is 1. The minimum Gasteiger partial charge on any atom is -0.326 e. The molecule has 0 atom stereocenters. The van der Waals surface area contributed by atoms with E-state index in [-0.39, 0.29) is 30.4 Å². The third-order valence-electron chi connectivity index (χ3n) is 2.58. The van der Waals surface area contributed by atoms with Gasteiger partial charge < -0.3 is 5.32 Å². The van der Waals surface area contributed by atoms with Gasteiger partial charge in [0.2, 0.25) is 5.91 Å². The van der Waals surface area contributed by atoms with E-state index in [1.165, 1.54) is 0 Å². The highest BCUT2D eigenvalue weighted by molar-refractivity contribution is 7.97. The number of Topliss-reactive ketones (excluding diaryl/α,β-unsaturated/α-hetero) is 1. The first kappa shape index (κ1) is 16.0. The molecule has 1 rings (SSSR count). The lowest BCUT2D eigenvalue weighted by Gasteiger charge is -2.08. The first-order chi connectivity index (χ1) is 8.93. The van der Waals surface area contributed by atoms with Gasteiger partial charge >= 0.3 is 0 Å². The van der Waals surface area contributed by atoms with Crippen LogP contribution in [0.1, 0.15) is 26.7 Å². The minimum atomic E-state index is -0.190. The minimum absolute atomic E-state index is 0.0384. The molecule has 0 aromatic heterocycles. The second kappa shape index (κ2) is 7.53. The highest BCUT2D eigenvalue weighted by Crippen LogP contribution is 2.26. The molecule has 1 aromatic rings. The normalized spacial score (nSPS) is 10.6. The molecule has 0 fully saturated rings. The van der Waals surface area contributed by atoms with Crippen LogP contribution in [-0.2, 0) is 9.59 Å². The number of nitrogens with two attached hydrogens (primary N) is 1. The fourth-order valence-corrected chi connectivity index (χ4v) is 2.05. The van der Waals surface area contributed by atoms with Gasteiger partial charge in [0.25, 0.3) is 0 Å². The van der Waals surface area contributed by atoms with Crippen molar-refractivity contribution in [1.29, 1.82) is 0 Å². The largest absolute Gasteiger partial charge is 0.326 e. The van der Waals surface area contributed by atoms with Crippen molar-refractivity contribution in [3.05, 3.63) is 23.2 Å². The number of halogens is 1. The monoisotopic (exact) mass is 300 g/mol. The lowest BCUT2D eigenvalue weighted by Crippen LogP contribution is -2.15. The number of benzene rings is 1. The molecule has 0 aliphatic rings. The standard InChI is InChI=1S/C13H17ClN2O2S/c1-8(2)11(17)5-6-13(18)16-9-3-4-10(14)12(7-9)19-15/h3-4,7-8H,5-6,15H2,1-2H3,(H,16,18). The Morgan fingerprint density at radius 2 is 2.05 bits per heavy atom. The highest BCUT2D eigenvalue weighted by atomic mass is 35.5. The summed E-state index contributed by atoms with van der Waals surface area (Å²) >= 11 is 6.93. The number of carbonyl (C=O) groups excluding carboxylic acids is 2. The smallest absolute Gasteiger partial charge is 0.224 e. The third-order valence-corrected chi connectivity index (χ3v) is 3.62. The Balaban J connectivity index is 2.55. The number of anilines is 1. The van der Waals surface area contributed by atoms with E-state index in [9.17, 15) is 9.59 Å². The molecule has 0 aliphatic heterocycles. The molecule has 104 valence electrons. The molecule has 0 spiro atoms. The lowest BCUT2D eigenvalue weighted by atomic mass is 10.0. The molecular weight excluding hydrogens is 284 g/mol. The van der Waals surface area contributed by atoms with E-state index < -0.39 is 0 Å². The summed E-state index contributed by atoms with van der Waals surface area (Å²) in [5.74, 6) is -0.141. The van der Waals surface area contributed by atoms with Crippen molar-refractivity contribution in [1.82, 2.24) is 0 Å². The van der Waals surface area contributed by atoms with Crippen molar-refractivity contribution in [2.24, 2.45) is 11.1 Å². The van der Waals surface area contributed by atoms with Crippen LogP contribution in [0.2, 0.25) is 5.02 Å². The SMILES string of the molecule is CC(C)C(=O)CCC(=O)Nc1ccc(Cl)c(SN)c1. The Labute approximate surface area is 122 Å². The zero-order chi connectivity index (χ0) is 14.4. The second-order valence-electron chi connectivity index (χ2n) is 4.43. The summed E-state index contributed by atoms with van der Waals surface area (Å²) in [6.45, 7) is 3.65. The molecule has 1 amide bonds. The predicted molar refractivity (Wildman–Crippen MR) is 79.2 cm³/mol. The van der Waals surface area contributed by atoms with Crippen molar-refractivity contribution in [2.45, 2.75) is 31.6 Å². The van der Waals surface area contributed by atoms with Gasteiger partial charge in [-0.2, -0.15) is 0 Å². The molecule has 0 saturated heterocycles. The molecule has 0 heterocycles. The lowest BCUT2D eigenvalue weighted by molar-refractivity contribution is -0.124. The molecule has 1 aromatic carbocycles. The number of hydrogen-bond donors (Lipinski definition) is 2. The molecule has 0 aliphatic carbocycles. The Hall–Kier alpha value is -1.04. The number of hydrogen-bond acceptors (Lipinski definition) is 4. The average molecular weight is 301 g/mol. The summed E-state index contributed by atoms with van der Waals surface area (Å²) in [4.78, 5) is 23.8. The average Bonchev–Trinajstić information content (AvgIpc) is 2.38. The van der Waals surface area contributed by atoms with E-state index in [0.29, 0.717) is 15.6 Å². The summed E-state index contributed by atoms with van der Waals surface area (Å²) in [6.07, 6.45) is 0.445. The Bertz CT molecular complexity index is 478. The molecule has 0 radical (unpaired) electrons. The van der Waals surface area contributed by atoms with E-state index in [2.05, 4.69) is 5.32 Å². The van der Waals surface area contributed by atoms with Crippen molar-refractivity contribution >= 4 is 40.9 Å². The summed E-state index contributed by atoms with van der Waals surface area (Å²) in [5, 5.41) is 8.72. The van der Waals surface area contributed by atoms with Crippen LogP contribution in [-0.4, -0.2) is 11.7 Å². The van der Waals surface area contributed by atoms with Gasteiger partial charge in [0, 0.05) is 29.3 Å². The van der Waals surface area contributed by atoms with E-state index in [4.69, 9.17) is 16.7 Å². The van der Waals surface area contributed by atoms with Crippen LogP contribution in [0.3, 0.4) is 0 Å². The summed E-state index contributed by atoms with van der Waals surface area (Å²) < 4.78 is 0. The molecule has 19 heavy (non-hydrogen) atoms. The van der Waals surface area contributed by atoms with Gasteiger partial charge in [0.15, 0.2) is 0 Å². The van der Waals surface area contributed by atoms with Crippen molar-refractivity contribution in [3.8, 4) is 0 Å². The maximum Gasteiger partial charge on any atom is 0.224 e. The van der Waals surface area contributed by atoms with Gasteiger partial charge in [0.1, 0.15) is 5.78 Å². The number of carbonyl (C=O) groups is 2. The Kier molecular flexibility index (Phi) is 6.34. The molecular formula is C13H17ClN2O2S. The maximum absolute atomic E-state index is 11.7. The van der Waals surface area contributed by atoms with E-state index >= 15 is 0 Å². The van der Waals surface area contributed by atoms with Gasteiger partial charge in [-0.05, 0) is 30.1 Å². The van der Waals surface area contributed by atoms with Crippen LogP contribution in [0, 0.1) is 5.92 Å². The van der Waals surface area contributed by atoms with Crippen LogP contribution < -0.4 is 10.5 Å². The van der Waals surface area contributed by atoms with Crippen LogP contribution in [0.4, 0.5) is 5.69 Å². The van der Waals surface area contributed by atoms with Crippen molar-refractivity contribution in [3.63, 3.8) is 0 Å². The highest BCUT2D eigenvalue weighted by Gasteiger charge is 2.11. The maximum atomic E-state index is 11.7. The fourth-order valence-electron chi connectivity index (χ4n) is 1.42. The topological polar surface area (TPSA) is 72.2 Å². The van der Waals surface area contributed by atoms with Crippen molar-refractivity contribution in [2.75, 3.05) is 5.32 Å². The second-order valence-corrected chi connectivity index (χ2v) is 5.51. The van der Waals surface area contributed by atoms with Crippen molar-refractivity contribution < 1.29 is 9.59 Å². The Morgan fingerprint density at radius 1 is 1.37 bits per heavy atom. The zero-order valence-corrected chi connectivity index (χ0v) is 12.5. The fraction of sp³-hybridized carbons (Fsp3) is 0.385. The summed E-state index contributed by atoms with van der Waals surface area (Å²) in [5.41, 5.74) is 0.624. The van der Waals surface area contributed by atoms with Gasteiger partial charge in [-0.1, -0.05) is 25.4 Å². The summed E-state index contributed by atoms with van der Waals surface area (Å²) in [6, 6.07) is 5.07. The first-order valence-corrected chi connectivity index (χ1v) is 7.18. The molecule has 0 saturated carbocycles. The van der Waals surface area contributed by atoms with Crippen LogP contribution >= 0.6 is 23.5 Å². The molecule has 6 heteroatoms. The molecule has 4 nitrogen and oxygen atoms in total. The zero-order valence-electron chi connectivity index (χ0n) is 10.9. The van der Waals surface area contributed by atoms with Crippen LogP contribution in [0.15, 0.2) is 23.1 Å². The quantitative estimate of drug-likeness (QED) is 0.791. The molecule has 3 N–H and O–H groups in total. The van der Waals surface area contributed by atoms with Gasteiger partial charge in [-0.15, -0.1) is 0 Å². The van der Waals surface area contributed by atoms with E-state index in [1.807, 2.05) is 13.8 Å². The number of rotatable bonds is 6. The van der Waals surface area contributed by atoms with Gasteiger partial charge in [-0.3, -0.25) is 14.7 Å². The van der Waals surface area contributed by atoms with E-state index in [1.54, 1.807) is 18.2 Å². The summed E-state index contributed by atoms with van der Waals surface area (Å²) in [7, 11) is 0.